The van der Waals surface area contributed by atoms with E-state index in [0.717, 1.165) is 29.9 Å². The number of carbonyl (C=O) groups excluding carboxylic acids is 1. The zero-order chi connectivity index (χ0) is 17.9. The summed E-state index contributed by atoms with van der Waals surface area (Å²) >= 11 is 0. The summed E-state index contributed by atoms with van der Waals surface area (Å²) in [5.74, 6) is -0.482. The maximum atomic E-state index is 12.3. The van der Waals surface area contributed by atoms with E-state index < -0.39 is 21.8 Å². The molecule has 2 heterocycles. The molecule has 0 aromatic carbocycles. The van der Waals surface area contributed by atoms with Crippen molar-refractivity contribution in [3.8, 4) is 6.07 Å². The molecule has 0 bridgehead atoms. The van der Waals surface area contributed by atoms with Gasteiger partial charge in [0.1, 0.15) is 11.6 Å². The Bertz CT molecular complexity index is 813. The van der Waals surface area contributed by atoms with E-state index in [9.17, 15) is 18.5 Å². The third kappa shape index (κ3) is 4.06. The van der Waals surface area contributed by atoms with Crippen molar-refractivity contribution in [2.75, 3.05) is 11.5 Å². The van der Waals surface area contributed by atoms with Crippen LogP contribution in [0.3, 0.4) is 0 Å². The van der Waals surface area contributed by atoms with E-state index in [4.69, 9.17) is 0 Å². The van der Waals surface area contributed by atoms with Crippen LogP contribution in [0.15, 0.2) is 11.6 Å². The zero-order valence-corrected chi connectivity index (χ0v) is 15.1. The predicted molar refractivity (Wildman–Crippen MR) is 93.0 cm³/mol. The topological polar surface area (TPSA) is 92.0 Å². The number of rotatable bonds is 5. The molecule has 0 spiro atoms. The standard InChI is InChI=1S/C17H23N3O3S/c1-4-6-20-12(2)8-14(13(20)3)9-15(10-18)17(21)19-16-5-7-24(22,23)11-16/h8-9,16H,4-7,11H2,1-3H3,(H,19,21)/b15-9-. The Kier molecular flexibility index (Phi) is 5.50. The van der Waals surface area contributed by atoms with Gasteiger partial charge >= 0.3 is 0 Å². The Balaban J connectivity index is 2.19. The lowest BCUT2D eigenvalue weighted by atomic mass is 10.1. The summed E-state index contributed by atoms with van der Waals surface area (Å²) in [6.07, 6.45) is 2.98. The molecular weight excluding hydrogens is 326 g/mol. The van der Waals surface area contributed by atoms with E-state index in [1.807, 2.05) is 26.0 Å². The molecule has 1 amide bonds. The van der Waals surface area contributed by atoms with Crippen LogP contribution in [0.5, 0.6) is 0 Å². The van der Waals surface area contributed by atoms with Gasteiger partial charge in [-0.2, -0.15) is 5.26 Å². The van der Waals surface area contributed by atoms with Gasteiger partial charge in [-0.05, 0) is 44.4 Å². The molecule has 1 aromatic rings. The normalized spacial score (nSPS) is 19.9. The first-order valence-electron chi connectivity index (χ1n) is 8.07. The van der Waals surface area contributed by atoms with Crippen molar-refractivity contribution in [3.05, 3.63) is 28.6 Å². The predicted octanol–water partition coefficient (Wildman–Crippen LogP) is 1.73. The lowest BCUT2D eigenvalue weighted by molar-refractivity contribution is -0.117. The maximum Gasteiger partial charge on any atom is 0.262 e. The van der Waals surface area contributed by atoms with Crippen LogP contribution in [-0.2, 0) is 21.2 Å². The molecule has 1 fully saturated rings. The fraction of sp³-hybridized carbons (Fsp3) is 0.529. The van der Waals surface area contributed by atoms with Gasteiger partial charge in [-0.3, -0.25) is 4.79 Å². The molecule has 1 unspecified atom stereocenters. The SMILES string of the molecule is CCCn1c(C)cc(/C=C(/C#N)C(=O)NC2CCS(=O)(=O)C2)c1C. The monoisotopic (exact) mass is 349 g/mol. The molecule has 1 aromatic heterocycles. The second-order valence-electron chi connectivity index (χ2n) is 6.22. The molecule has 1 atom stereocenters. The van der Waals surface area contributed by atoms with Crippen LogP contribution in [0.25, 0.3) is 6.08 Å². The smallest absolute Gasteiger partial charge is 0.262 e. The summed E-state index contributed by atoms with van der Waals surface area (Å²) in [4.78, 5) is 12.3. The molecule has 130 valence electrons. The fourth-order valence-electron chi connectivity index (χ4n) is 3.02. The third-order valence-corrected chi connectivity index (χ3v) is 6.06. The van der Waals surface area contributed by atoms with Crippen molar-refractivity contribution in [1.82, 2.24) is 9.88 Å². The van der Waals surface area contributed by atoms with Crippen LogP contribution in [0.4, 0.5) is 0 Å². The van der Waals surface area contributed by atoms with Gasteiger partial charge in [0.2, 0.25) is 0 Å². The Hall–Kier alpha value is -2.07. The number of carbonyl (C=O) groups is 1. The highest BCUT2D eigenvalue weighted by molar-refractivity contribution is 7.91. The van der Waals surface area contributed by atoms with Crippen LogP contribution in [-0.4, -0.2) is 36.4 Å². The van der Waals surface area contributed by atoms with Gasteiger partial charge in [-0.15, -0.1) is 0 Å². The van der Waals surface area contributed by atoms with Crippen LogP contribution in [0, 0.1) is 25.2 Å². The van der Waals surface area contributed by atoms with Gasteiger partial charge in [0.15, 0.2) is 9.84 Å². The minimum absolute atomic E-state index is 0.00366. The van der Waals surface area contributed by atoms with Crippen molar-refractivity contribution in [3.63, 3.8) is 0 Å². The van der Waals surface area contributed by atoms with Crippen molar-refractivity contribution >= 4 is 21.8 Å². The average molecular weight is 349 g/mol. The van der Waals surface area contributed by atoms with Crippen LogP contribution < -0.4 is 5.32 Å². The zero-order valence-electron chi connectivity index (χ0n) is 14.3. The minimum Gasteiger partial charge on any atom is -0.349 e. The number of nitrogens with one attached hydrogen (secondary N) is 1. The summed E-state index contributed by atoms with van der Waals surface area (Å²) in [6, 6.07) is 3.47. The van der Waals surface area contributed by atoms with Crippen LogP contribution >= 0.6 is 0 Å². The summed E-state index contributed by atoms with van der Waals surface area (Å²) in [5, 5.41) is 12.0. The van der Waals surface area contributed by atoms with E-state index in [1.54, 1.807) is 6.08 Å². The third-order valence-electron chi connectivity index (χ3n) is 4.29. The minimum atomic E-state index is -3.07. The Morgan fingerprint density at radius 1 is 1.50 bits per heavy atom. The molecule has 6 nitrogen and oxygen atoms in total. The molecule has 1 saturated heterocycles. The van der Waals surface area contributed by atoms with Gasteiger partial charge in [0, 0.05) is 24.0 Å². The second kappa shape index (κ2) is 7.22. The number of nitriles is 1. The molecule has 0 aliphatic carbocycles. The van der Waals surface area contributed by atoms with Crippen molar-refractivity contribution in [2.45, 2.75) is 46.2 Å². The van der Waals surface area contributed by atoms with E-state index in [0.29, 0.717) is 6.42 Å². The highest BCUT2D eigenvalue weighted by Crippen LogP contribution is 2.19. The molecule has 0 saturated carbocycles. The van der Waals surface area contributed by atoms with Gasteiger partial charge in [0.05, 0.1) is 11.5 Å². The fourth-order valence-corrected chi connectivity index (χ4v) is 4.69. The summed E-state index contributed by atoms with van der Waals surface area (Å²) in [6.45, 7) is 6.94. The van der Waals surface area contributed by atoms with E-state index in [-0.39, 0.29) is 17.1 Å². The number of amides is 1. The van der Waals surface area contributed by atoms with Crippen molar-refractivity contribution in [2.24, 2.45) is 0 Å². The molecule has 0 radical (unpaired) electrons. The molecule has 2 rings (SSSR count). The number of nitrogens with zero attached hydrogens (tertiary/aromatic N) is 2. The van der Waals surface area contributed by atoms with Gasteiger partial charge < -0.3 is 9.88 Å². The Morgan fingerprint density at radius 3 is 2.75 bits per heavy atom. The van der Waals surface area contributed by atoms with Crippen LogP contribution in [0.1, 0.15) is 36.7 Å². The lowest BCUT2D eigenvalue weighted by Crippen LogP contribution is -2.36. The number of hydrogen-bond acceptors (Lipinski definition) is 4. The quantitative estimate of drug-likeness (QED) is 0.647. The largest absolute Gasteiger partial charge is 0.349 e. The molecular formula is C17H23N3O3S. The first-order chi connectivity index (χ1) is 11.3. The number of sulfone groups is 1. The van der Waals surface area contributed by atoms with Crippen molar-refractivity contribution in [1.29, 1.82) is 5.26 Å². The molecule has 1 aliphatic rings. The van der Waals surface area contributed by atoms with Gasteiger partial charge in [-0.1, -0.05) is 6.92 Å². The summed E-state index contributed by atoms with van der Waals surface area (Å²) < 4.78 is 25.1. The number of aryl methyl sites for hydroxylation is 1. The number of hydrogen-bond donors (Lipinski definition) is 1. The molecule has 7 heteroatoms. The average Bonchev–Trinajstić information content (AvgIpc) is 2.98. The first kappa shape index (κ1) is 18.3. The molecule has 24 heavy (non-hydrogen) atoms. The van der Waals surface area contributed by atoms with E-state index >= 15 is 0 Å². The van der Waals surface area contributed by atoms with E-state index in [2.05, 4.69) is 16.8 Å². The maximum absolute atomic E-state index is 12.3. The van der Waals surface area contributed by atoms with Gasteiger partial charge in [0.25, 0.3) is 5.91 Å². The highest BCUT2D eigenvalue weighted by Gasteiger charge is 2.29. The van der Waals surface area contributed by atoms with Crippen molar-refractivity contribution < 1.29 is 13.2 Å². The highest BCUT2D eigenvalue weighted by atomic mass is 32.2. The second-order valence-corrected chi connectivity index (χ2v) is 8.45. The van der Waals surface area contributed by atoms with Gasteiger partial charge in [-0.25, -0.2) is 8.42 Å². The summed E-state index contributed by atoms with van der Waals surface area (Å²) in [7, 11) is -3.07. The first-order valence-corrected chi connectivity index (χ1v) is 9.89. The Labute approximate surface area is 143 Å². The molecule has 1 N–H and O–H groups in total. The lowest BCUT2D eigenvalue weighted by Gasteiger charge is -2.10. The Morgan fingerprint density at radius 2 is 2.21 bits per heavy atom. The van der Waals surface area contributed by atoms with E-state index in [1.165, 1.54) is 0 Å². The number of aromatic nitrogens is 1. The summed E-state index contributed by atoms with van der Waals surface area (Å²) in [5.41, 5.74) is 2.93. The molecule has 1 aliphatic heterocycles. The van der Waals surface area contributed by atoms with Crippen LogP contribution in [0.2, 0.25) is 0 Å².